The Morgan fingerprint density at radius 3 is 2.40 bits per heavy atom. The number of aromatic nitrogens is 1. The predicted octanol–water partition coefficient (Wildman–Crippen LogP) is 4.29. The van der Waals surface area contributed by atoms with E-state index in [0.29, 0.717) is 28.7 Å². The van der Waals surface area contributed by atoms with Crippen LogP contribution in [0.1, 0.15) is 0 Å². The highest BCUT2D eigenvalue weighted by atomic mass is 19.1. The number of pyridine rings is 1. The summed E-state index contributed by atoms with van der Waals surface area (Å²) in [4.78, 5) is 6.23. The zero-order valence-corrected chi connectivity index (χ0v) is 13.9. The standard InChI is InChI=1S/C19H18FN3O2/c1-24-17-9-7-14(12-18(17)25-2)23(19-5-3-4-10-22-19)16-8-6-13(20)11-15(16)21/h3-12H,21H2,1-2H3. The van der Waals surface area contributed by atoms with Crippen molar-refractivity contribution < 1.29 is 13.9 Å². The quantitative estimate of drug-likeness (QED) is 0.703. The second-order valence-electron chi connectivity index (χ2n) is 5.27. The van der Waals surface area contributed by atoms with Crippen molar-refractivity contribution in [1.29, 1.82) is 0 Å². The number of anilines is 4. The lowest BCUT2D eigenvalue weighted by atomic mass is 10.2. The molecular weight excluding hydrogens is 321 g/mol. The molecule has 25 heavy (non-hydrogen) atoms. The monoisotopic (exact) mass is 339 g/mol. The Hall–Kier alpha value is -3.28. The summed E-state index contributed by atoms with van der Waals surface area (Å²) in [5.74, 6) is 1.43. The van der Waals surface area contributed by atoms with Crippen LogP contribution in [-0.4, -0.2) is 19.2 Å². The van der Waals surface area contributed by atoms with Crippen LogP contribution in [0.5, 0.6) is 11.5 Å². The van der Waals surface area contributed by atoms with Gasteiger partial charge in [0.05, 0.1) is 31.3 Å². The van der Waals surface area contributed by atoms with Gasteiger partial charge in [0.25, 0.3) is 0 Å². The molecular formula is C19H18FN3O2. The van der Waals surface area contributed by atoms with Crippen molar-refractivity contribution in [3.05, 3.63) is 66.6 Å². The number of halogens is 1. The maximum absolute atomic E-state index is 13.5. The van der Waals surface area contributed by atoms with Crippen molar-refractivity contribution in [2.75, 3.05) is 24.9 Å². The van der Waals surface area contributed by atoms with Crippen molar-refractivity contribution in [3.63, 3.8) is 0 Å². The molecule has 0 bridgehead atoms. The van der Waals surface area contributed by atoms with Gasteiger partial charge in [-0.25, -0.2) is 9.37 Å². The summed E-state index contributed by atoms with van der Waals surface area (Å²) in [6, 6.07) is 15.3. The van der Waals surface area contributed by atoms with Crippen molar-refractivity contribution >= 4 is 22.9 Å². The average molecular weight is 339 g/mol. The topological polar surface area (TPSA) is 60.6 Å². The van der Waals surface area contributed by atoms with Gasteiger partial charge in [-0.3, -0.25) is 4.90 Å². The molecule has 128 valence electrons. The Kier molecular flexibility index (Phi) is 4.70. The lowest BCUT2D eigenvalue weighted by molar-refractivity contribution is 0.355. The van der Waals surface area contributed by atoms with Gasteiger partial charge in [-0.15, -0.1) is 0 Å². The normalized spacial score (nSPS) is 10.4. The molecule has 1 heterocycles. The highest BCUT2D eigenvalue weighted by Gasteiger charge is 2.18. The number of nitrogens with zero attached hydrogens (tertiary/aromatic N) is 2. The number of nitrogens with two attached hydrogens (primary N) is 1. The molecule has 0 fully saturated rings. The molecule has 2 aromatic carbocycles. The molecule has 0 unspecified atom stereocenters. The van der Waals surface area contributed by atoms with Crippen LogP contribution in [0.4, 0.5) is 27.3 Å². The first-order chi connectivity index (χ1) is 12.1. The first-order valence-electron chi connectivity index (χ1n) is 7.62. The van der Waals surface area contributed by atoms with Gasteiger partial charge >= 0.3 is 0 Å². The maximum Gasteiger partial charge on any atom is 0.162 e. The fourth-order valence-electron chi connectivity index (χ4n) is 2.57. The predicted molar refractivity (Wildman–Crippen MR) is 96.4 cm³/mol. The molecule has 0 radical (unpaired) electrons. The van der Waals surface area contributed by atoms with Crippen LogP contribution >= 0.6 is 0 Å². The molecule has 5 nitrogen and oxygen atoms in total. The van der Waals surface area contributed by atoms with Gasteiger partial charge in [0.1, 0.15) is 11.6 Å². The molecule has 3 rings (SSSR count). The number of hydrogen-bond donors (Lipinski definition) is 1. The van der Waals surface area contributed by atoms with Crippen LogP contribution in [0.25, 0.3) is 0 Å². The second-order valence-corrected chi connectivity index (χ2v) is 5.27. The number of nitrogen functional groups attached to an aromatic ring is 1. The Morgan fingerprint density at radius 2 is 1.76 bits per heavy atom. The molecule has 0 aliphatic rings. The molecule has 0 saturated carbocycles. The molecule has 2 N–H and O–H groups in total. The average Bonchev–Trinajstić information content (AvgIpc) is 2.64. The van der Waals surface area contributed by atoms with Crippen molar-refractivity contribution in [1.82, 2.24) is 4.98 Å². The Morgan fingerprint density at radius 1 is 0.960 bits per heavy atom. The zero-order valence-electron chi connectivity index (χ0n) is 13.9. The SMILES string of the molecule is COc1ccc(N(c2ccccn2)c2ccc(F)cc2N)cc1OC. The summed E-state index contributed by atoms with van der Waals surface area (Å²) in [5.41, 5.74) is 7.74. The highest BCUT2D eigenvalue weighted by Crippen LogP contribution is 2.40. The largest absolute Gasteiger partial charge is 0.493 e. The lowest BCUT2D eigenvalue weighted by Gasteiger charge is -2.26. The fourth-order valence-corrected chi connectivity index (χ4v) is 2.57. The smallest absolute Gasteiger partial charge is 0.162 e. The van der Waals surface area contributed by atoms with E-state index in [4.69, 9.17) is 15.2 Å². The third-order valence-electron chi connectivity index (χ3n) is 3.73. The minimum atomic E-state index is -0.394. The third kappa shape index (κ3) is 3.33. The van der Waals surface area contributed by atoms with Gasteiger partial charge in [0.15, 0.2) is 11.5 Å². The number of methoxy groups -OCH3 is 2. The maximum atomic E-state index is 13.5. The van der Waals surface area contributed by atoms with Gasteiger partial charge in [-0.2, -0.15) is 0 Å². The molecule has 0 atom stereocenters. The molecule has 0 aliphatic carbocycles. The van der Waals surface area contributed by atoms with Crippen LogP contribution in [-0.2, 0) is 0 Å². The summed E-state index contributed by atoms with van der Waals surface area (Å²) in [6.07, 6.45) is 1.68. The first-order valence-corrected chi connectivity index (χ1v) is 7.62. The van der Waals surface area contributed by atoms with Gasteiger partial charge in [-0.05, 0) is 42.5 Å². The van der Waals surface area contributed by atoms with Crippen molar-refractivity contribution in [3.8, 4) is 11.5 Å². The minimum absolute atomic E-state index is 0.306. The van der Waals surface area contributed by atoms with E-state index in [9.17, 15) is 4.39 Å². The van der Waals surface area contributed by atoms with Crippen molar-refractivity contribution in [2.45, 2.75) is 0 Å². The van der Waals surface area contributed by atoms with E-state index < -0.39 is 5.82 Å². The van der Waals surface area contributed by atoms with Crippen LogP contribution in [0, 0.1) is 5.82 Å². The minimum Gasteiger partial charge on any atom is -0.493 e. The van der Waals surface area contributed by atoms with E-state index >= 15 is 0 Å². The molecule has 1 aromatic heterocycles. The van der Waals surface area contributed by atoms with E-state index in [1.54, 1.807) is 32.5 Å². The van der Waals surface area contributed by atoms with E-state index in [1.807, 2.05) is 35.2 Å². The van der Waals surface area contributed by atoms with Gasteiger partial charge in [0.2, 0.25) is 0 Å². The van der Waals surface area contributed by atoms with E-state index in [0.717, 1.165) is 5.69 Å². The lowest BCUT2D eigenvalue weighted by Crippen LogP contribution is -2.13. The highest BCUT2D eigenvalue weighted by molar-refractivity contribution is 5.82. The van der Waals surface area contributed by atoms with E-state index in [2.05, 4.69) is 4.98 Å². The molecule has 0 aliphatic heterocycles. The molecule has 3 aromatic rings. The van der Waals surface area contributed by atoms with E-state index in [-0.39, 0.29) is 0 Å². The van der Waals surface area contributed by atoms with Crippen LogP contribution in [0.3, 0.4) is 0 Å². The van der Waals surface area contributed by atoms with Crippen LogP contribution < -0.4 is 20.1 Å². The Labute approximate surface area is 145 Å². The summed E-state index contributed by atoms with van der Waals surface area (Å²) in [7, 11) is 3.14. The van der Waals surface area contributed by atoms with Gasteiger partial charge in [0, 0.05) is 12.3 Å². The molecule has 6 heteroatoms. The number of benzene rings is 2. The molecule has 0 saturated heterocycles. The zero-order chi connectivity index (χ0) is 17.8. The van der Waals surface area contributed by atoms with Crippen LogP contribution in [0.15, 0.2) is 60.8 Å². The summed E-state index contributed by atoms with van der Waals surface area (Å²) in [6.45, 7) is 0. The first kappa shape index (κ1) is 16.6. The number of hydrogen-bond acceptors (Lipinski definition) is 5. The summed E-state index contributed by atoms with van der Waals surface area (Å²) >= 11 is 0. The van der Waals surface area contributed by atoms with Gasteiger partial charge < -0.3 is 15.2 Å². The third-order valence-corrected chi connectivity index (χ3v) is 3.73. The number of rotatable bonds is 5. The van der Waals surface area contributed by atoms with Crippen LogP contribution in [0.2, 0.25) is 0 Å². The van der Waals surface area contributed by atoms with E-state index in [1.165, 1.54) is 12.1 Å². The fraction of sp³-hybridized carbons (Fsp3) is 0.105. The Balaban J connectivity index is 2.18. The summed E-state index contributed by atoms with van der Waals surface area (Å²) in [5, 5.41) is 0. The Bertz CT molecular complexity index is 872. The van der Waals surface area contributed by atoms with Crippen molar-refractivity contribution in [2.24, 2.45) is 0 Å². The summed E-state index contributed by atoms with van der Waals surface area (Å²) < 4.78 is 24.2. The molecule has 0 amide bonds. The molecule has 0 spiro atoms. The van der Waals surface area contributed by atoms with Gasteiger partial charge in [-0.1, -0.05) is 6.07 Å². The number of ether oxygens (including phenoxy) is 2. The second kappa shape index (κ2) is 7.09.